The van der Waals surface area contributed by atoms with Crippen LogP contribution in [-0.4, -0.2) is 23.1 Å². The Hall–Kier alpha value is 0.310. The maximum Gasteiger partial charge on any atom is 0.0285 e. The zero-order chi connectivity index (χ0) is 11.4. The zero-order valence-electron chi connectivity index (χ0n) is 10.9. The van der Waals surface area contributed by atoms with Crippen LogP contribution in [-0.2, 0) is 0 Å². The van der Waals surface area contributed by atoms with Crippen molar-refractivity contribution in [3.63, 3.8) is 0 Å². The van der Waals surface area contributed by atoms with Gasteiger partial charge in [0.05, 0.1) is 0 Å². The molecule has 1 saturated heterocycles. The maximum atomic E-state index is 3.83. The van der Waals surface area contributed by atoms with E-state index in [2.05, 4.69) is 30.9 Å². The highest BCUT2D eigenvalue weighted by molar-refractivity contribution is 8.00. The summed E-state index contributed by atoms with van der Waals surface area (Å²) in [5, 5.41) is 3.83. The summed E-state index contributed by atoms with van der Waals surface area (Å²) in [6.45, 7) is 5.97. The predicted octanol–water partition coefficient (Wildman–Crippen LogP) is 3.83. The highest BCUT2D eigenvalue weighted by Gasteiger charge is 2.39. The third kappa shape index (κ3) is 2.95. The van der Waals surface area contributed by atoms with E-state index in [9.17, 15) is 0 Å². The van der Waals surface area contributed by atoms with Gasteiger partial charge in [0.15, 0.2) is 0 Å². The lowest BCUT2D eigenvalue weighted by Gasteiger charge is -2.39. The van der Waals surface area contributed by atoms with Crippen LogP contribution in [0.4, 0.5) is 0 Å². The van der Waals surface area contributed by atoms with Crippen LogP contribution in [0.15, 0.2) is 0 Å². The minimum atomic E-state index is 0.532. The van der Waals surface area contributed by atoms with E-state index in [4.69, 9.17) is 0 Å². The van der Waals surface area contributed by atoms with Gasteiger partial charge < -0.3 is 5.32 Å². The van der Waals surface area contributed by atoms with Gasteiger partial charge in [-0.1, -0.05) is 26.2 Å². The summed E-state index contributed by atoms with van der Waals surface area (Å²) in [7, 11) is 0. The van der Waals surface area contributed by atoms with Crippen molar-refractivity contribution in [3.8, 4) is 0 Å². The Morgan fingerprint density at radius 3 is 2.69 bits per heavy atom. The summed E-state index contributed by atoms with van der Waals surface area (Å²) in [6, 6.07) is 0.769. The van der Waals surface area contributed by atoms with E-state index in [1.54, 1.807) is 0 Å². The first kappa shape index (κ1) is 12.8. The van der Waals surface area contributed by atoms with Gasteiger partial charge in [-0.3, -0.25) is 0 Å². The van der Waals surface area contributed by atoms with Gasteiger partial charge in [-0.15, -0.1) is 0 Å². The molecule has 0 bridgehead atoms. The topological polar surface area (TPSA) is 12.0 Å². The molecule has 2 heteroatoms. The predicted molar refractivity (Wildman–Crippen MR) is 74.1 cm³/mol. The lowest BCUT2D eigenvalue weighted by Crippen LogP contribution is -2.47. The molecule has 1 nitrogen and oxygen atoms in total. The van der Waals surface area contributed by atoms with Gasteiger partial charge in [-0.05, 0) is 50.8 Å². The first-order valence-electron chi connectivity index (χ1n) is 7.12. The van der Waals surface area contributed by atoms with Gasteiger partial charge in [-0.2, -0.15) is 11.8 Å². The number of hydrogen-bond acceptors (Lipinski definition) is 2. The molecule has 0 aromatic carbocycles. The molecule has 1 aliphatic carbocycles. The molecule has 0 amide bonds. The maximum absolute atomic E-state index is 3.83. The minimum absolute atomic E-state index is 0.532. The molecular formula is C14H27NS. The molecule has 1 saturated carbocycles. The molecule has 0 radical (unpaired) electrons. The van der Waals surface area contributed by atoms with Crippen molar-refractivity contribution < 1.29 is 0 Å². The fourth-order valence-corrected chi connectivity index (χ4v) is 4.43. The highest BCUT2D eigenvalue weighted by Crippen LogP contribution is 2.44. The minimum Gasteiger partial charge on any atom is -0.313 e. The zero-order valence-corrected chi connectivity index (χ0v) is 11.7. The first-order chi connectivity index (χ1) is 7.74. The van der Waals surface area contributed by atoms with Crippen LogP contribution in [0.1, 0.15) is 58.8 Å². The lowest BCUT2D eigenvalue weighted by atomic mass is 9.77. The summed E-state index contributed by atoms with van der Waals surface area (Å²) < 4.78 is 0.532. The third-order valence-corrected chi connectivity index (χ3v) is 6.06. The van der Waals surface area contributed by atoms with E-state index in [-0.39, 0.29) is 0 Å². The summed E-state index contributed by atoms with van der Waals surface area (Å²) in [5.74, 6) is 2.42. The van der Waals surface area contributed by atoms with E-state index >= 15 is 0 Å². The standard InChI is InChI=1S/C14H27NS/c1-3-9-15-13(11-12-6-4-7-12)14(2)8-5-10-16-14/h12-13,15H,3-11H2,1-2H3. The first-order valence-corrected chi connectivity index (χ1v) is 8.10. The summed E-state index contributed by atoms with van der Waals surface area (Å²) in [6.07, 6.45) is 10.0. The molecule has 1 aliphatic heterocycles. The van der Waals surface area contributed by atoms with Crippen LogP contribution in [0.25, 0.3) is 0 Å². The number of nitrogens with one attached hydrogen (secondary N) is 1. The van der Waals surface area contributed by atoms with E-state index in [0.29, 0.717) is 4.75 Å². The Labute approximate surface area is 105 Å². The largest absolute Gasteiger partial charge is 0.313 e. The van der Waals surface area contributed by atoms with Crippen LogP contribution in [0.3, 0.4) is 0 Å². The molecule has 16 heavy (non-hydrogen) atoms. The Kier molecular flexibility index (Phi) is 4.60. The molecule has 2 unspecified atom stereocenters. The van der Waals surface area contributed by atoms with Crippen molar-refractivity contribution >= 4 is 11.8 Å². The smallest absolute Gasteiger partial charge is 0.0285 e. The quantitative estimate of drug-likeness (QED) is 0.758. The van der Waals surface area contributed by atoms with Crippen molar-refractivity contribution in [2.75, 3.05) is 12.3 Å². The van der Waals surface area contributed by atoms with Gasteiger partial charge in [0.25, 0.3) is 0 Å². The van der Waals surface area contributed by atoms with E-state index in [0.717, 1.165) is 12.0 Å². The lowest BCUT2D eigenvalue weighted by molar-refractivity contribution is 0.237. The van der Waals surface area contributed by atoms with Crippen molar-refractivity contribution in [3.05, 3.63) is 0 Å². The second-order valence-electron chi connectivity index (χ2n) is 5.80. The monoisotopic (exact) mass is 241 g/mol. The van der Waals surface area contributed by atoms with Gasteiger partial charge >= 0.3 is 0 Å². The summed E-state index contributed by atoms with van der Waals surface area (Å²) in [4.78, 5) is 0. The number of hydrogen-bond donors (Lipinski definition) is 1. The van der Waals surface area contributed by atoms with E-state index in [1.165, 1.54) is 57.2 Å². The highest BCUT2D eigenvalue weighted by atomic mass is 32.2. The van der Waals surface area contributed by atoms with E-state index < -0.39 is 0 Å². The van der Waals surface area contributed by atoms with Crippen LogP contribution in [0, 0.1) is 5.92 Å². The summed E-state index contributed by atoms with van der Waals surface area (Å²) >= 11 is 2.22. The molecule has 1 N–H and O–H groups in total. The van der Waals surface area contributed by atoms with Gasteiger partial charge in [0, 0.05) is 10.8 Å². The van der Waals surface area contributed by atoms with Crippen LogP contribution >= 0.6 is 11.8 Å². The van der Waals surface area contributed by atoms with Crippen LogP contribution in [0.2, 0.25) is 0 Å². The second-order valence-corrected chi connectivity index (χ2v) is 7.43. The van der Waals surface area contributed by atoms with Crippen molar-refractivity contribution in [2.45, 2.75) is 69.6 Å². The van der Waals surface area contributed by atoms with Gasteiger partial charge in [0.1, 0.15) is 0 Å². The SMILES string of the molecule is CCCNC(CC1CCC1)C1(C)CCCS1. The number of rotatable bonds is 6. The normalized spacial score (nSPS) is 32.6. The second kappa shape index (κ2) is 5.77. The third-order valence-electron chi connectivity index (χ3n) is 4.42. The molecule has 0 spiro atoms. The molecule has 2 fully saturated rings. The molecule has 0 aromatic heterocycles. The average molecular weight is 241 g/mol. The molecule has 2 rings (SSSR count). The van der Waals surface area contributed by atoms with Crippen molar-refractivity contribution in [2.24, 2.45) is 5.92 Å². The Bertz CT molecular complexity index is 207. The van der Waals surface area contributed by atoms with Crippen molar-refractivity contribution in [1.29, 1.82) is 0 Å². The Balaban J connectivity index is 1.89. The summed E-state index contributed by atoms with van der Waals surface area (Å²) in [5.41, 5.74) is 0. The molecule has 2 atom stereocenters. The van der Waals surface area contributed by atoms with Crippen LogP contribution in [0.5, 0.6) is 0 Å². The molecule has 2 aliphatic rings. The van der Waals surface area contributed by atoms with E-state index in [1.807, 2.05) is 0 Å². The fraction of sp³-hybridized carbons (Fsp3) is 1.00. The van der Waals surface area contributed by atoms with Gasteiger partial charge in [0.2, 0.25) is 0 Å². The van der Waals surface area contributed by atoms with Crippen molar-refractivity contribution in [1.82, 2.24) is 5.32 Å². The number of thioether (sulfide) groups is 1. The Morgan fingerprint density at radius 2 is 2.19 bits per heavy atom. The molecule has 0 aromatic rings. The fourth-order valence-electron chi connectivity index (χ4n) is 3.00. The van der Waals surface area contributed by atoms with Gasteiger partial charge in [-0.25, -0.2) is 0 Å². The average Bonchev–Trinajstić information content (AvgIpc) is 2.63. The molecule has 94 valence electrons. The Morgan fingerprint density at radius 1 is 1.38 bits per heavy atom. The molecule has 1 heterocycles. The van der Waals surface area contributed by atoms with Crippen LogP contribution < -0.4 is 5.32 Å². The molecular weight excluding hydrogens is 214 g/mol.